The Morgan fingerprint density at radius 1 is 1.00 bits per heavy atom. The summed E-state index contributed by atoms with van der Waals surface area (Å²) in [5.74, 6) is -1.11. The number of nitrogens with zero attached hydrogens (tertiary/aromatic N) is 2. The number of rotatable bonds is 5. The van der Waals surface area contributed by atoms with E-state index >= 15 is 0 Å². The van der Waals surface area contributed by atoms with Gasteiger partial charge in [-0.25, -0.2) is 9.59 Å². The molecule has 10 nitrogen and oxygen atoms in total. The Morgan fingerprint density at radius 3 is 2.31 bits per heavy atom. The van der Waals surface area contributed by atoms with Gasteiger partial charge >= 0.3 is 12.1 Å². The Kier molecular flexibility index (Phi) is 4.69. The van der Waals surface area contributed by atoms with Crippen molar-refractivity contribution in [2.45, 2.75) is 37.8 Å². The minimum atomic E-state index is -0.835. The summed E-state index contributed by atoms with van der Waals surface area (Å²) in [4.78, 5) is 62.4. The highest BCUT2D eigenvalue weighted by Gasteiger charge is 2.52. The number of anilines is 1. The first-order chi connectivity index (χ1) is 13.9. The zero-order chi connectivity index (χ0) is 20.6. The van der Waals surface area contributed by atoms with Gasteiger partial charge in [-0.05, 0) is 30.5 Å². The number of nitrogens with one attached hydrogen (secondary N) is 3. The van der Waals surface area contributed by atoms with Gasteiger partial charge < -0.3 is 16.0 Å². The molecule has 0 atom stereocenters. The first-order valence-electron chi connectivity index (χ1n) is 9.49. The second-order valence-corrected chi connectivity index (χ2v) is 7.49. The lowest BCUT2D eigenvalue weighted by molar-refractivity contribution is -0.133. The van der Waals surface area contributed by atoms with Crippen LogP contribution in [-0.4, -0.2) is 58.2 Å². The fourth-order valence-corrected chi connectivity index (χ4v) is 3.97. The van der Waals surface area contributed by atoms with Gasteiger partial charge in [-0.15, -0.1) is 0 Å². The van der Waals surface area contributed by atoms with E-state index < -0.39 is 23.5 Å². The summed E-state index contributed by atoms with van der Waals surface area (Å²) in [6, 6.07) is 5.69. The van der Waals surface area contributed by atoms with Crippen LogP contribution in [-0.2, 0) is 20.9 Å². The van der Waals surface area contributed by atoms with Gasteiger partial charge in [0.15, 0.2) is 0 Å². The number of imide groups is 2. The highest BCUT2D eigenvalue weighted by molar-refractivity contribution is 6.10. The average molecular weight is 399 g/mol. The third-order valence-corrected chi connectivity index (χ3v) is 5.52. The van der Waals surface area contributed by atoms with Crippen molar-refractivity contribution in [3.05, 3.63) is 29.8 Å². The molecule has 3 N–H and O–H groups in total. The third kappa shape index (κ3) is 3.53. The van der Waals surface area contributed by atoms with Gasteiger partial charge in [0.05, 0.1) is 13.1 Å². The fraction of sp³-hybridized carbons (Fsp3) is 0.421. The van der Waals surface area contributed by atoms with E-state index in [0.29, 0.717) is 18.5 Å². The van der Waals surface area contributed by atoms with E-state index in [9.17, 15) is 24.0 Å². The van der Waals surface area contributed by atoms with Crippen LogP contribution >= 0.6 is 0 Å². The number of benzene rings is 1. The van der Waals surface area contributed by atoms with Gasteiger partial charge in [-0.1, -0.05) is 25.0 Å². The first kappa shape index (κ1) is 18.9. The molecular formula is C19H21N5O5. The topological polar surface area (TPSA) is 128 Å². The van der Waals surface area contributed by atoms with E-state index in [1.807, 2.05) is 0 Å². The summed E-state index contributed by atoms with van der Waals surface area (Å²) in [7, 11) is 0. The minimum Gasteiger partial charge on any atom is -0.329 e. The van der Waals surface area contributed by atoms with Crippen LogP contribution in [0.5, 0.6) is 0 Å². The largest absolute Gasteiger partial charge is 0.329 e. The molecule has 1 saturated carbocycles. The molecule has 0 bridgehead atoms. The zero-order valence-electron chi connectivity index (χ0n) is 15.7. The normalized spacial score (nSPS) is 20.4. The molecule has 10 heteroatoms. The molecule has 0 radical (unpaired) electrons. The maximum atomic E-state index is 12.6. The summed E-state index contributed by atoms with van der Waals surface area (Å²) in [6.07, 6.45) is 2.97. The van der Waals surface area contributed by atoms with Crippen LogP contribution in [0, 0.1) is 0 Å². The monoisotopic (exact) mass is 399 g/mol. The van der Waals surface area contributed by atoms with Crippen molar-refractivity contribution >= 4 is 35.5 Å². The lowest BCUT2D eigenvalue weighted by Gasteiger charge is -2.19. The summed E-state index contributed by atoms with van der Waals surface area (Å²) in [5.41, 5.74) is 0.377. The van der Waals surface area contributed by atoms with Gasteiger partial charge in [0, 0.05) is 5.69 Å². The quantitative estimate of drug-likeness (QED) is 0.623. The maximum absolute atomic E-state index is 12.6. The first-order valence-corrected chi connectivity index (χ1v) is 9.49. The Bertz CT molecular complexity index is 875. The Labute approximate surface area is 166 Å². The van der Waals surface area contributed by atoms with Crippen LogP contribution in [0.4, 0.5) is 15.3 Å². The van der Waals surface area contributed by atoms with E-state index in [-0.39, 0.29) is 31.4 Å². The molecule has 3 fully saturated rings. The van der Waals surface area contributed by atoms with Gasteiger partial charge in [0.25, 0.3) is 5.91 Å². The number of hydrogen-bond acceptors (Lipinski definition) is 5. The summed E-state index contributed by atoms with van der Waals surface area (Å²) in [5, 5.41) is 7.85. The molecule has 3 aliphatic rings. The Morgan fingerprint density at radius 2 is 1.69 bits per heavy atom. The van der Waals surface area contributed by atoms with E-state index in [0.717, 1.165) is 28.2 Å². The number of amides is 7. The molecule has 0 aromatic heterocycles. The van der Waals surface area contributed by atoms with Crippen molar-refractivity contribution in [3.63, 3.8) is 0 Å². The van der Waals surface area contributed by atoms with E-state index in [2.05, 4.69) is 16.0 Å². The van der Waals surface area contributed by atoms with Crippen molar-refractivity contribution < 1.29 is 24.0 Å². The number of urea groups is 2. The average Bonchev–Trinajstić information content (AvgIpc) is 3.35. The zero-order valence-corrected chi connectivity index (χ0v) is 15.7. The van der Waals surface area contributed by atoms with E-state index in [4.69, 9.17) is 0 Å². The molecule has 0 unspecified atom stereocenters. The lowest BCUT2D eigenvalue weighted by Crippen LogP contribution is -2.44. The summed E-state index contributed by atoms with van der Waals surface area (Å²) < 4.78 is 0. The molecule has 1 aromatic carbocycles. The van der Waals surface area contributed by atoms with E-state index in [1.165, 1.54) is 0 Å². The predicted octanol–water partition coefficient (Wildman–Crippen LogP) is 0.542. The Balaban J connectivity index is 1.34. The fourth-order valence-electron chi connectivity index (χ4n) is 3.97. The number of carbonyl (C=O) groups excluding carboxylic acids is 5. The second kappa shape index (κ2) is 7.19. The van der Waals surface area contributed by atoms with Gasteiger partial charge in [0.2, 0.25) is 11.8 Å². The Hall–Kier alpha value is -3.43. The molecule has 1 aromatic rings. The highest BCUT2D eigenvalue weighted by atomic mass is 16.2. The SMILES string of the molecule is O=C(CN1C(=O)NC2(CCCC2)C1=O)Nc1ccc(CN2C(=O)CNC2=O)cc1. The van der Waals surface area contributed by atoms with Gasteiger partial charge in [-0.3, -0.25) is 24.2 Å². The van der Waals surface area contributed by atoms with Crippen LogP contribution in [0.15, 0.2) is 24.3 Å². The molecule has 29 heavy (non-hydrogen) atoms. The number of carbonyl (C=O) groups is 5. The molecule has 4 rings (SSSR count). The smallest absolute Gasteiger partial charge is 0.325 e. The summed E-state index contributed by atoms with van der Waals surface area (Å²) in [6.45, 7) is -0.211. The van der Waals surface area contributed by atoms with Crippen LogP contribution in [0.3, 0.4) is 0 Å². The molecule has 2 heterocycles. The van der Waals surface area contributed by atoms with Crippen molar-refractivity contribution in [2.75, 3.05) is 18.4 Å². The molecule has 1 spiro atoms. The maximum Gasteiger partial charge on any atom is 0.325 e. The third-order valence-electron chi connectivity index (χ3n) is 5.52. The van der Waals surface area contributed by atoms with Gasteiger partial charge in [-0.2, -0.15) is 0 Å². The molecule has 1 aliphatic carbocycles. The molecule has 2 aliphatic heterocycles. The predicted molar refractivity (Wildman–Crippen MR) is 100 cm³/mol. The highest BCUT2D eigenvalue weighted by Crippen LogP contribution is 2.34. The van der Waals surface area contributed by atoms with Crippen LogP contribution in [0.2, 0.25) is 0 Å². The van der Waals surface area contributed by atoms with Crippen LogP contribution in [0.1, 0.15) is 31.2 Å². The van der Waals surface area contributed by atoms with Gasteiger partial charge in [0.1, 0.15) is 12.1 Å². The molecular weight excluding hydrogens is 378 g/mol. The van der Waals surface area contributed by atoms with Crippen molar-refractivity contribution in [1.29, 1.82) is 0 Å². The molecule has 152 valence electrons. The van der Waals surface area contributed by atoms with Crippen LogP contribution in [0.25, 0.3) is 0 Å². The lowest BCUT2D eigenvalue weighted by atomic mass is 9.98. The van der Waals surface area contributed by atoms with E-state index in [1.54, 1.807) is 24.3 Å². The minimum absolute atomic E-state index is 0.00292. The van der Waals surface area contributed by atoms with Crippen LogP contribution < -0.4 is 16.0 Å². The molecule has 2 saturated heterocycles. The molecule has 7 amide bonds. The number of hydrogen-bond donors (Lipinski definition) is 3. The second-order valence-electron chi connectivity index (χ2n) is 7.49. The standard InChI is InChI=1S/C19H21N5O5/c25-14(11-24-16(27)19(22-18(24)29)7-1-2-8-19)21-13-5-3-12(4-6-13)10-23-15(26)9-20-17(23)28/h3-6H,1-2,7-11H2,(H,20,28)(H,21,25)(H,22,29). The van der Waals surface area contributed by atoms with Crippen molar-refractivity contribution in [3.8, 4) is 0 Å². The summed E-state index contributed by atoms with van der Waals surface area (Å²) >= 11 is 0. The van der Waals surface area contributed by atoms with Crippen molar-refractivity contribution in [2.24, 2.45) is 0 Å². The van der Waals surface area contributed by atoms with Crippen molar-refractivity contribution in [1.82, 2.24) is 20.4 Å².